The standard InChI is InChI=1S/C88H115N5O8/c1-16-69-59(11)77-48-78-61(13)74(37-39-86(95)96)83(91-78)51-84-75(62(14)80(92-84)50-82-70(17-2)60(12)79(90-82)49-81(69)89-77)38-40-87-99-43-41-71(52(3)4)73-36-35-67(76(58(73)10)45-64-28-20-18-21-29-64)46-66(32-24-25-33-68-47-85(94)93(88(68)97)42-44-100-87)57(9)72(65-30-22-19-23-31-65)34-26-27-53(5)54(6)55(7)56(8)63(15)101-98/h16-23,28-31,47-52,54-58,63,66-67,71-73,76,87,89,92,98H,1-2,5,24-27,32-46H2,3-4,6-15H3,(H,95,96). The molecule has 1 saturated carbocycles. The van der Waals surface area contributed by atoms with E-state index in [0.717, 1.165) is 141 Å². The fraction of sp³-hybridized carbons (Fsp3) is 0.511. The molecule has 5 aliphatic heterocycles. The van der Waals surface area contributed by atoms with Crippen LogP contribution >= 0.6 is 0 Å². The predicted octanol–water partition coefficient (Wildman–Crippen LogP) is 20.8. The summed E-state index contributed by atoms with van der Waals surface area (Å²) in [4.78, 5) is 64.6. The largest absolute Gasteiger partial charge is 0.481 e. The Hall–Kier alpha value is -7.55. The number of carboxylic acids is 1. The van der Waals surface area contributed by atoms with Crippen molar-refractivity contribution in [1.82, 2.24) is 24.8 Å². The third kappa shape index (κ3) is 17.7. The van der Waals surface area contributed by atoms with Crippen molar-refractivity contribution in [2.45, 2.75) is 204 Å². The number of aromatic amines is 2. The minimum absolute atomic E-state index is 0.0496. The highest BCUT2D eigenvalue weighted by Crippen LogP contribution is 2.51. The molecule has 8 heterocycles. The number of carbonyl (C=O) groups excluding carboxylic acids is 2. The summed E-state index contributed by atoms with van der Waals surface area (Å²) in [7, 11) is 0. The van der Waals surface area contributed by atoms with Gasteiger partial charge in [0.2, 0.25) is 0 Å². The lowest BCUT2D eigenvalue weighted by Crippen LogP contribution is -2.41. The Balaban J connectivity index is 0.967. The van der Waals surface area contributed by atoms with E-state index in [0.29, 0.717) is 103 Å². The van der Waals surface area contributed by atoms with E-state index in [1.807, 2.05) is 26.0 Å². The SMILES string of the molecule is C=CC1=C(C)c2cc3[nH]c(cc4nc(cc5[nH]c(cc1n2)c(C)c5CCC1OCCC(C(C)C)C2CCC(CC(C(C)C(CCCC(=C)C(C)C(C)C(C)C(C)OO)c5ccccc5)CCCCC5=CC(=O)N(CCO1)C5=O)C(Cc1ccccc1)C2C)C(CCC(=O)O)=C4C)c(C)c3C=C. The lowest BCUT2D eigenvalue weighted by atomic mass is 9.58. The van der Waals surface area contributed by atoms with E-state index in [9.17, 15) is 24.7 Å². The van der Waals surface area contributed by atoms with Gasteiger partial charge in [0.15, 0.2) is 6.29 Å². The van der Waals surface area contributed by atoms with Gasteiger partial charge >= 0.3 is 5.97 Å². The molecule has 13 heteroatoms. The van der Waals surface area contributed by atoms with Crippen LogP contribution in [0.5, 0.6) is 0 Å². The van der Waals surface area contributed by atoms with Crippen LogP contribution in [0.4, 0.5) is 0 Å². The number of aromatic nitrogens is 4. The maximum atomic E-state index is 14.4. The van der Waals surface area contributed by atoms with Gasteiger partial charge in [-0.1, -0.05) is 159 Å². The summed E-state index contributed by atoms with van der Waals surface area (Å²) in [6.07, 6.45) is 17.4. The van der Waals surface area contributed by atoms with Crippen molar-refractivity contribution in [3.05, 3.63) is 184 Å². The normalized spacial score (nSPS) is 23.1. The molecule has 3 fully saturated rings. The molecule has 2 saturated heterocycles. The zero-order chi connectivity index (χ0) is 72.3. The van der Waals surface area contributed by atoms with Gasteiger partial charge in [-0.05, 0) is 251 Å². The molecule has 6 aliphatic rings. The first-order valence-electron chi connectivity index (χ1n) is 38.0. The Morgan fingerprint density at radius 1 is 0.752 bits per heavy atom. The number of nitrogens with one attached hydrogen (secondary N) is 2. The fourth-order valence-corrected chi connectivity index (χ4v) is 18.0. The lowest BCUT2D eigenvalue weighted by Gasteiger charge is -2.48. The van der Waals surface area contributed by atoms with Gasteiger partial charge in [0, 0.05) is 57.7 Å². The summed E-state index contributed by atoms with van der Waals surface area (Å²) in [6.45, 7) is 40.6. The molecule has 0 spiro atoms. The molecule has 11 rings (SSSR count). The van der Waals surface area contributed by atoms with E-state index in [1.54, 1.807) is 6.08 Å². The van der Waals surface area contributed by atoms with E-state index in [1.165, 1.54) is 34.4 Å². The fourth-order valence-electron chi connectivity index (χ4n) is 18.0. The molecule has 101 heavy (non-hydrogen) atoms. The summed E-state index contributed by atoms with van der Waals surface area (Å²) < 4.78 is 13.9. The highest BCUT2D eigenvalue weighted by atomic mass is 17.1. The number of carbonyl (C=O) groups is 3. The smallest absolute Gasteiger partial charge is 0.303 e. The van der Waals surface area contributed by atoms with E-state index < -0.39 is 12.3 Å². The number of imide groups is 1. The molecule has 2 amide bonds. The number of nitrogens with zero attached hydrogens (tertiary/aromatic N) is 3. The Bertz CT molecular complexity index is 4060. The number of benzene rings is 2. The molecule has 12 bridgehead atoms. The lowest BCUT2D eigenvalue weighted by molar-refractivity contribution is -0.287. The quantitative estimate of drug-likeness (QED) is 0.0213. The van der Waals surface area contributed by atoms with Gasteiger partial charge in [0.25, 0.3) is 11.8 Å². The molecular formula is C88H115N5O8. The average molecular weight is 1370 g/mol. The van der Waals surface area contributed by atoms with Crippen molar-refractivity contribution in [2.75, 3.05) is 19.8 Å². The number of ether oxygens (including phenoxy) is 2. The zero-order valence-electron chi connectivity index (χ0n) is 62.6. The third-order valence-corrected chi connectivity index (χ3v) is 24.9. The number of hydrogen-bond acceptors (Lipinski definition) is 9. The number of amides is 2. The number of carboxylic acid groups (broad SMARTS) is 1. The molecule has 13 unspecified atom stereocenters. The summed E-state index contributed by atoms with van der Waals surface area (Å²) in [5.74, 6) is 3.27. The first-order chi connectivity index (χ1) is 48.5. The van der Waals surface area contributed by atoms with Crippen LogP contribution in [-0.2, 0) is 41.6 Å². The van der Waals surface area contributed by atoms with Gasteiger partial charge in [-0.15, -0.1) is 0 Å². The monoisotopic (exact) mass is 1370 g/mol. The highest BCUT2D eigenvalue weighted by molar-refractivity contribution is 6.16. The van der Waals surface area contributed by atoms with Crippen LogP contribution in [0.3, 0.4) is 0 Å². The van der Waals surface area contributed by atoms with Crippen LogP contribution in [0.15, 0.2) is 128 Å². The summed E-state index contributed by atoms with van der Waals surface area (Å²) in [5, 5.41) is 19.6. The van der Waals surface area contributed by atoms with E-state index in [2.05, 4.69) is 184 Å². The minimum Gasteiger partial charge on any atom is -0.481 e. The Morgan fingerprint density at radius 3 is 2.12 bits per heavy atom. The number of fused-ring (bicyclic) bond motifs is 22. The topological polar surface area (TPSA) is 180 Å². The van der Waals surface area contributed by atoms with Crippen molar-refractivity contribution in [1.29, 1.82) is 0 Å². The number of rotatable bonds is 23. The number of aryl methyl sites for hydroxylation is 3. The van der Waals surface area contributed by atoms with Crippen LogP contribution in [-0.4, -0.2) is 85.1 Å². The molecule has 2 aromatic carbocycles. The number of hydrogen-bond donors (Lipinski definition) is 4. The average Bonchev–Trinajstić information content (AvgIpc) is 1.75. The van der Waals surface area contributed by atoms with Gasteiger partial charge in [0.05, 0.1) is 48.6 Å². The Kier molecular flexibility index (Phi) is 26.1. The summed E-state index contributed by atoms with van der Waals surface area (Å²) in [5.41, 5.74) is 18.9. The second-order valence-corrected chi connectivity index (χ2v) is 30.9. The molecule has 1 aliphatic carbocycles. The summed E-state index contributed by atoms with van der Waals surface area (Å²) >= 11 is 0. The van der Waals surface area contributed by atoms with Crippen LogP contribution in [0, 0.1) is 78.9 Å². The van der Waals surface area contributed by atoms with Crippen LogP contribution in [0.25, 0.3) is 50.4 Å². The van der Waals surface area contributed by atoms with Crippen molar-refractivity contribution < 1.29 is 39.1 Å². The number of aliphatic carboxylic acids is 1. The molecule has 0 radical (unpaired) electrons. The molecule has 3 aromatic heterocycles. The Labute approximate surface area is 602 Å². The number of H-pyrrole nitrogens is 2. The van der Waals surface area contributed by atoms with Gasteiger partial charge < -0.3 is 24.5 Å². The van der Waals surface area contributed by atoms with Crippen LogP contribution < -0.4 is 0 Å². The third-order valence-electron chi connectivity index (χ3n) is 24.9. The van der Waals surface area contributed by atoms with E-state index >= 15 is 0 Å². The maximum absolute atomic E-state index is 14.4. The van der Waals surface area contributed by atoms with Crippen molar-refractivity contribution in [2.24, 2.45) is 65.1 Å². The van der Waals surface area contributed by atoms with Crippen molar-refractivity contribution >= 4 is 68.2 Å². The Morgan fingerprint density at radius 2 is 1.42 bits per heavy atom. The number of allylic oxidation sites excluding steroid dienone is 6. The highest BCUT2D eigenvalue weighted by Gasteiger charge is 2.43. The predicted molar refractivity (Wildman–Crippen MR) is 412 cm³/mol. The van der Waals surface area contributed by atoms with Gasteiger partial charge in [-0.25, -0.2) is 14.9 Å². The second kappa shape index (κ2) is 34.6. The van der Waals surface area contributed by atoms with Crippen molar-refractivity contribution in [3.63, 3.8) is 0 Å². The molecule has 13 atom stereocenters. The maximum Gasteiger partial charge on any atom is 0.303 e. The molecule has 5 aromatic rings. The molecular weight excluding hydrogens is 1250 g/mol. The first-order valence-corrected chi connectivity index (χ1v) is 38.0. The minimum atomic E-state index is -0.878. The second-order valence-electron chi connectivity index (χ2n) is 30.9. The van der Waals surface area contributed by atoms with Gasteiger partial charge in [-0.2, -0.15) is 0 Å². The van der Waals surface area contributed by atoms with Crippen LogP contribution in [0.2, 0.25) is 0 Å². The van der Waals surface area contributed by atoms with Crippen molar-refractivity contribution in [3.8, 4) is 0 Å². The molecule has 13 nitrogen and oxygen atoms in total. The van der Waals surface area contributed by atoms with Gasteiger partial charge in [-0.3, -0.25) is 24.5 Å². The summed E-state index contributed by atoms with van der Waals surface area (Å²) in [6, 6.07) is 30.7. The molecule has 4 N–H and O–H groups in total. The zero-order valence-corrected chi connectivity index (χ0v) is 62.6. The molecule has 540 valence electrons. The van der Waals surface area contributed by atoms with Gasteiger partial charge in [0.1, 0.15) is 0 Å². The first kappa shape index (κ1) is 76.1. The van der Waals surface area contributed by atoms with E-state index in [-0.39, 0.29) is 49.3 Å². The van der Waals surface area contributed by atoms with E-state index in [4.69, 9.17) is 24.3 Å². The van der Waals surface area contributed by atoms with Crippen LogP contribution in [0.1, 0.15) is 221 Å².